The summed E-state index contributed by atoms with van der Waals surface area (Å²) < 4.78 is 1.07. The molecule has 0 spiro atoms. The molecule has 0 heterocycles. The minimum absolute atomic E-state index is 1.07. The molecule has 58 valence electrons. The summed E-state index contributed by atoms with van der Waals surface area (Å²) in [6.45, 7) is 2.08. The Morgan fingerprint density at radius 3 is 2.73 bits per heavy atom. The van der Waals surface area contributed by atoms with Crippen LogP contribution in [0.2, 0.25) is 0 Å². The molecular formula is C9H8Br2. The molecule has 0 aliphatic rings. The van der Waals surface area contributed by atoms with Gasteiger partial charge in [0.15, 0.2) is 0 Å². The zero-order chi connectivity index (χ0) is 8.27. The van der Waals surface area contributed by atoms with Gasteiger partial charge in [0.05, 0.1) is 0 Å². The quantitative estimate of drug-likeness (QED) is 0.724. The Hall–Kier alpha value is -0.0800. The normalized spacial score (nSPS) is 11.7. The Bertz CT molecular complexity index is 277. The third-order valence-corrected chi connectivity index (χ3v) is 3.15. The fourth-order valence-electron chi connectivity index (χ4n) is 0.857. The van der Waals surface area contributed by atoms with Crippen molar-refractivity contribution in [1.82, 2.24) is 0 Å². The van der Waals surface area contributed by atoms with Crippen molar-refractivity contribution in [3.8, 4) is 0 Å². The first-order valence-corrected chi connectivity index (χ1v) is 4.98. The van der Waals surface area contributed by atoms with Gasteiger partial charge in [-0.15, -0.1) is 0 Å². The van der Waals surface area contributed by atoms with Crippen molar-refractivity contribution < 1.29 is 0 Å². The van der Waals surface area contributed by atoms with Crippen LogP contribution in [-0.4, -0.2) is 0 Å². The van der Waals surface area contributed by atoms with Gasteiger partial charge in [-0.2, -0.15) is 0 Å². The van der Waals surface area contributed by atoms with E-state index in [0.717, 1.165) is 4.48 Å². The van der Waals surface area contributed by atoms with Crippen molar-refractivity contribution >= 4 is 36.3 Å². The summed E-state index contributed by atoms with van der Waals surface area (Å²) >= 11 is 6.70. The van der Waals surface area contributed by atoms with Crippen LogP contribution in [0.5, 0.6) is 0 Å². The second kappa shape index (κ2) is 4.07. The average molecular weight is 276 g/mol. The number of rotatable bonds is 1. The first-order valence-electron chi connectivity index (χ1n) is 3.27. The summed E-state index contributed by atoms with van der Waals surface area (Å²) in [6, 6.07) is 8.32. The third kappa shape index (κ3) is 2.46. The monoisotopic (exact) mass is 274 g/mol. The topological polar surface area (TPSA) is 0 Å². The first-order chi connectivity index (χ1) is 5.24. The number of hydrogen-bond donors (Lipinski definition) is 0. The van der Waals surface area contributed by atoms with Crippen LogP contribution in [0.25, 0.3) is 4.48 Å². The Morgan fingerprint density at radius 1 is 1.45 bits per heavy atom. The van der Waals surface area contributed by atoms with E-state index >= 15 is 0 Å². The van der Waals surface area contributed by atoms with Crippen molar-refractivity contribution in [2.75, 3.05) is 0 Å². The minimum Gasteiger partial charge on any atom is -0.0614 e. The van der Waals surface area contributed by atoms with Crippen LogP contribution in [-0.2, 0) is 0 Å². The lowest BCUT2D eigenvalue weighted by molar-refractivity contribution is 1.46. The van der Waals surface area contributed by atoms with Crippen LogP contribution < -0.4 is 0 Å². The second-order valence-corrected chi connectivity index (χ2v) is 3.64. The average Bonchev–Trinajstić information content (AvgIpc) is 2.03. The molecule has 0 radical (unpaired) electrons. The molecule has 0 aliphatic heterocycles. The van der Waals surface area contributed by atoms with Crippen LogP contribution in [0.3, 0.4) is 0 Å². The molecule has 0 atom stereocenters. The molecule has 2 heteroatoms. The fraction of sp³-hybridized carbons (Fsp3) is 0.111. The predicted octanol–water partition coefficient (Wildman–Crippen LogP) is 4.08. The number of aryl methyl sites for hydroxylation is 1. The summed E-state index contributed by atoms with van der Waals surface area (Å²) in [5, 5.41) is 0. The largest absolute Gasteiger partial charge is 0.0614 e. The van der Waals surface area contributed by atoms with Gasteiger partial charge < -0.3 is 0 Å². The van der Waals surface area contributed by atoms with Crippen LogP contribution in [0.4, 0.5) is 0 Å². The van der Waals surface area contributed by atoms with Gasteiger partial charge in [-0.3, -0.25) is 0 Å². The van der Waals surface area contributed by atoms with E-state index in [1.165, 1.54) is 11.1 Å². The molecule has 0 N–H and O–H groups in total. The minimum atomic E-state index is 1.07. The molecular weight excluding hydrogens is 268 g/mol. The van der Waals surface area contributed by atoms with Gasteiger partial charge >= 0.3 is 0 Å². The van der Waals surface area contributed by atoms with E-state index in [2.05, 4.69) is 57.0 Å². The smallest absolute Gasteiger partial charge is 0.0316 e. The molecule has 0 aliphatic carbocycles. The maximum absolute atomic E-state index is 3.43. The molecule has 11 heavy (non-hydrogen) atoms. The van der Waals surface area contributed by atoms with E-state index in [-0.39, 0.29) is 0 Å². The first kappa shape index (κ1) is 9.01. The van der Waals surface area contributed by atoms with E-state index < -0.39 is 0 Å². The lowest BCUT2D eigenvalue weighted by Crippen LogP contribution is -1.76. The molecule has 1 rings (SSSR count). The zero-order valence-corrected chi connectivity index (χ0v) is 9.31. The van der Waals surface area contributed by atoms with Crippen molar-refractivity contribution in [3.05, 3.63) is 40.4 Å². The van der Waals surface area contributed by atoms with Crippen molar-refractivity contribution in [3.63, 3.8) is 0 Å². The van der Waals surface area contributed by atoms with E-state index in [4.69, 9.17) is 0 Å². The molecule has 0 amide bonds. The standard InChI is InChI=1S/C9H8Br2/c1-7-3-2-4-8(5-7)9(11)6-10/h2-6H,1H3/b9-6-. The maximum atomic E-state index is 3.43. The molecule has 0 aromatic heterocycles. The van der Waals surface area contributed by atoms with Crippen LogP contribution in [0, 0.1) is 6.92 Å². The summed E-state index contributed by atoms with van der Waals surface area (Å²) in [5.41, 5.74) is 2.47. The van der Waals surface area contributed by atoms with E-state index in [1.807, 2.05) is 11.1 Å². The molecule has 0 saturated heterocycles. The van der Waals surface area contributed by atoms with Gasteiger partial charge in [-0.1, -0.05) is 45.8 Å². The van der Waals surface area contributed by atoms with Gasteiger partial charge in [-0.05, 0) is 33.4 Å². The van der Waals surface area contributed by atoms with Gasteiger partial charge in [0.2, 0.25) is 0 Å². The fourth-order valence-corrected chi connectivity index (χ4v) is 1.37. The Morgan fingerprint density at radius 2 is 2.18 bits per heavy atom. The summed E-state index contributed by atoms with van der Waals surface area (Å²) in [6.07, 6.45) is 0. The Labute approximate surface area is 83.6 Å². The predicted molar refractivity (Wildman–Crippen MR) is 57.0 cm³/mol. The lowest BCUT2D eigenvalue weighted by Gasteiger charge is -1.98. The number of benzene rings is 1. The highest BCUT2D eigenvalue weighted by Gasteiger charge is 1.94. The Balaban J connectivity index is 3.06. The molecule has 0 saturated carbocycles. The van der Waals surface area contributed by atoms with Gasteiger partial charge in [-0.25, -0.2) is 0 Å². The van der Waals surface area contributed by atoms with Crippen LogP contribution in [0.15, 0.2) is 29.3 Å². The van der Waals surface area contributed by atoms with E-state index in [1.54, 1.807) is 0 Å². The highest BCUT2D eigenvalue weighted by Crippen LogP contribution is 2.22. The maximum Gasteiger partial charge on any atom is 0.0316 e. The molecule has 0 unspecified atom stereocenters. The van der Waals surface area contributed by atoms with E-state index in [9.17, 15) is 0 Å². The van der Waals surface area contributed by atoms with Crippen LogP contribution in [0.1, 0.15) is 11.1 Å². The molecule has 1 aromatic carbocycles. The summed E-state index contributed by atoms with van der Waals surface area (Å²) in [4.78, 5) is 1.86. The lowest BCUT2D eigenvalue weighted by atomic mass is 10.1. The Kier molecular flexibility index (Phi) is 3.34. The highest BCUT2D eigenvalue weighted by atomic mass is 79.9. The molecule has 0 fully saturated rings. The van der Waals surface area contributed by atoms with Gasteiger partial charge in [0.25, 0.3) is 0 Å². The van der Waals surface area contributed by atoms with Gasteiger partial charge in [0, 0.05) is 4.48 Å². The zero-order valence-electron chi connectivity index (χ0n) is 6.14. The molecule has 0 bridgehead atoms. The van der Waals surface area contributed by atoms with Crippen LogP contribution >= 0.6 is 31.9 Å². The van der Waals surface area contributed by atoms with E-state index in [0.29, 0.717) is 0 Å². The summed E-state index contributed by atoms with van der Waals surface area (Å²) in [5.74, 6) is 0. The number of hydrogen-bond acceptors (Lipinski definition) is 0. The molecule has 1 aromatic rings. The van der Waals surface area contributed by atoms with Crippen molar-refractivity contribution in [1.29, 1.82) is 0 Å². The van der Waals surface area contributed by atoms with Crippen molar-refractivity contribution in [2.24, 2.45) is 0 Å². The molecule has 0 nitrogen and oxygen atoms in total. The second-order valence-electron chi connectivity index (χ2n) is 2.33. The van der Waals surface area contributed by atoms with Crippen molar-refractivity contribution in [2.45, 2.75) is 6.92 Å². The number of halogens is 2. The van der Waals surface area contributed by atoms with Gasteiger partial charge in [0.1, 0.15) is 0 Å². The SMILES string of the molecule is Cc1cccc(/C(Br)=C/Br)c1. The summed E-state index contributed by atoms with van der Waals surface area (Å²) in [7, 11) is 0. The third-order valence-electron chi connectivity index (χ3n) is 1.39. The highest BCUT2D eigenvalue weighted by molar-refractivity contribution is 9.16.